The van der Waals surface area contributed by atoms with Crippen LogP contribution in [-0.2, 0) is 4.79 Å². The number of hydrogen-bond acceptors (Lipinski definition) is 5. The minimum atomic E-state index is -0.950. The molecule has 8 nitrogen and oxygen atoms in total. The molecule has 0 saturated heterocycles. The third-order valence-corrected chi connectivity index (χ3v) is 3.85. The number of amides is 2. The molecule has 10 heteroatoms. The van der Waals surface area contributed by atoms with Crippen molar-refractivity contribution >= 4 is 23.2 Å². The molecule has 2 rings (SSSR count). The van der Waals surface area contributed by atoms with E-state index in [1.807, 2.05) is 0 Å². The molecule has 148 valence electrons. The second-order valence-corrected chi connectivity index (χ2v) is 5.61. The highest BCUT2D eigenvalue weighted by Gasteiger charge is 2.23. The summed E-state index contributed by atoms with van der Waals surface area (Å²) < 4.78 is 32.1. The number of hydrogen-bond donors (Lipinski definition) is 1. The fraction of sp³-hybridized carbons (Fsp3) is 0.222. The highest BCUT2D eigenvalue weighted by Crippen LogP contribution is 2.28. The van der Waals surface area contributed by atoms with Gasteiger partial charge in [-0.25, -0.2) is 8.78 Å². The number of anilines is 1. The van der Waals surface area contributed by atoms with Crippen LogP contribution in [0.2, 0.25) is 0 Å². The minimum Gasteiger partial charge on any atom is -0.490 e. The normalized spacial score (nSPS) is 10.3. The van der Waals surface area contributed by atoms with Crippen molar-refractivity contribution in [2.75, 3.05) is 25.5 Å². The summed E-state index contributed by atoms with van der Waals surface area (Å²) in [5.41, 5.74) is -1.04. The Labute approximate surface area is 158 Å². The molecule has 0 spiro atoms. The van der Waals surface area contributed by atoms with E-state index in [1.54, 1.807) is 6.92 Å². The fourth-order valence-electron chi connectivity index (χ4n) is 2.45. The van der Waals surface area contributed by atoms with Crippen LogP contribution in [0.4, 0.5) is 20.2 Å². The number of ether oxygens (including phenoxy) is 1. The molecule has 0 heterocycles. The van der Waals surface area contributed by atoms with Crippen molar-refractivity contribution in [3.63, 3.8) is 0 Å². The first-order valence-electron chi connectivity index (χ1n) is 8.14. The van der Waals surface area contributed by atoms with Crippen molar-refractivity contribution in [1.82, 2.24) is 4.90 Å². The number of para-hydroxylation sites is 1. The first kappa shape index (κ1) is 20.7. The van der Waals surface area contributed by atoms with Crippen LogP contribution in [0, 0.1) is 21.7 Å². The number of nitro benzene ring substituents is 1. The first-order chi connectivity index (χ1) is 13.3. The van der Waals surface area contributed by atoms with Crippen molar-refractivity contribution in [3.05, 3.63) is 63.7 Å². The number of methoxy groups -OCH3 is 1. The lowest BCUT2D eigenvalue weighted by molar-refractivity contribution is -0.385. The van der Waals surface area contributed by atoms with E-state index in [0.717, 1.165) is 29.2 Å². The smallest absolute Gasteiger partial charge is 0.311 e. The van der Waals surface area contributed by atoms with E-state index in [1.165, 1.54) is 19.2 Å². The number of carbonyl (C=O) groups excluding carboxylic acids is 2. The van der Waals surface area contributed by atoms with Gasteiger partial charge in [-0.2, -0.15) is 0 Å². The minimum absolute atomic E-state index is 0.0163. The predicted molar refractivity (Wildman–Crippen MR) is 96.2 cm³/mol. The average molecular weight is 393 g/mol. The number of likely N-dealkylation sites (N-methyl/N-ethyl adjacent to an activating group) is 1. The molecule has 28 heavy (non-hydrogen) atoms. The van der Waals surface area contributed by atoms with Crippen molar-refractivity contribution in [2.24, 2.45) is 0 Å². The highest BCUT2D eigenvalue weighted by atomic mass is 19.1. The number of nitro groups is 1. The summed E-state index contributed by atoms with van der Waals surface area (Å²) in [6.07, 6.45) is 0. The Morgan fingerprint density at radius 1 is 1.21 bits per heavy atom. The topological polar surface area (TPSA) is 102 Å². The van der Waals surface area contributed by atoms with Crippen LogP contribution in [0.1, 0.15) is 17.3 Å². The molecule has 0 radical (unpaired) electrons. The second-order valence-electron chi connectivity index (χ2n) is 5.61. The van der Waals surface area contributed by atoms with E-state index < -0.39 is 46.3 Å². The summed E-state index contributed by atoms with van der Waals surface area (Å²) >= 11 is 0. The van der Waals surface area contributed by atoms with Crippen molar-refractivity contribution < 1.29 is 28.0 Å². The Kier molecular flexibility index (Phi) is 6.59. The summed E-state index contributed by atoms with van der Waals surface area (Å²) in [4.78, 5) is 36.2. The number of carbonyl (C=O) groups is 2. The van der Waals surface area contributed by atoms with Crippen LogP contribution >= 0.6 is 0 Å². The summed E-state index contributed by atoms with van der Waals surface area (Å²) in [5, 5.41) is 13.2. The van der Waals surface area contributed by atoms with Gasteiger partial charge in [0.2, 0.25) is 5.91 Å². The summed E-state index contributed by atoms with van der Waals surface area (Å²) in [7, 11) is 1.26. The quantitative estimate of drug-likeness (QED) is 0.576. The zero-order chi connectivity index (χ0) is 20.8. The molecule has 0 aliphatic rings. The van der Waals surface area contributed by atoms with Crippen molar-refractivity contribution in [3.8, 4) is 5.75 Å². The van der Waals surface area contributed by atoms with Gasteiger partial charge >= 0.3 is 5.69 Å². The maximum absolute atomic E-state index is 13.6. The molecule has 0 aliphatic carbocycles. The number of nitrogens with zero attached hydrogens (tertiary/aromatic N) is 2. The Morgan fingerprint density at radius 3 is 2.39 bits per heavy atom. The van der Waals surface area contributed by atoms with E-state index in [0.29, 0.717) is 0 Å². The molecule has 0 saturated carbocycles. The Bertz CT molecular complexity index is 900. The molecule has 2 aromatic rings. The average Bonchev–Trinajstić information content (AvgIpc) is 2.67. The molecule has 2 amide bonds. The Hall–Kier alpha value is -3.56. The van der Waals surface area contributed by atoms with Gasteiger partial charge in [-0.3, -0.25) is 19.7 Å². The van der Waals surface area contributed by atoms with Gasteiger partial charge in [0.1, 0.15) is 23.9 Å². The maximum atomic E-state index is 13.6. The zero-order valence-corrected chi connectivity index (χ0v) is 15.1. The van der Waals surface area contributed by atoms with Crippen LogP contribution in [0.15, 0.2) is 36.4 Å². The number of halogens is 2. The molecule has 0 aliphatic heterocycles. The van der Waals surface area contributed by atoms with Gasteiger partial charge in [0.15, 0.2) is 5.75 Å². The van der Waals surface area contributed by atoms with E-state index >= 15 is 0 Å². The molecule has 0 atom stereocenters. The van der Waals surface area contributed by atoms with E-state index in [9.17, 15) is 28.5 Å². The largest absolute Gasteiger partial charge is 0.490 e. The number of rotatable bonds is 7. The SMILES string of the molecule is CCN(CC(=O)Nc1c(F)cccc1F)C(=O)c1ccc(OC)c([N+](=O)[O-])c1. The Morgan fingerprint density at radius 2 is 1.86 bits per heavy atom. The fourth-order valence-corrected chi connectivity index (χ4v) is 2.45. The summed E-state index contributed by atoms with van der Waals surface area (Å²) in [5.74, 6) is -3.39. The van der Waals surface area contributed by atoms with Gasteiger partial charge in [0.05, 0.1) is 12.0 Å². The molecule has 0 aromatic heterocycles. The van der Waals surface area contributed by atoms with Crippen LogP contribution < -0.4 is 10.1 Å². The lowest BCUT2D eigenvalue weighted by atomic mass is 10.1. The van der Waals surface area contributed by atoms with Crippen LogP contribution in [0.25, 0.3) is 0 Å². The lowest BCUT2D eigenvalue weighted by Crippen LogP contribution is -2.38. The van der Waals surface area contributed by atoms with E-state index in [2.05, 4.69) is 5.32 Å². The predicted octanol–water partition coefficient (Wildman–Crippen LogP) is 2.98. The molecule has 2 aromatic carbocycles. The van der Waals surface area contributed by atoms with Crippen LogP contribution in [0.3, 0.4) is 0 Å². The molecular formula is C18H17F2N3O5. The summed E-state index contributed by atoms with van der Waals surface area (Å²) in [6.45, 7) is 1.18. The van der Waals surface area contributed by atoms with Crippen molar-refractivity contribution in [2.45, 2.75) is 6.92 Å². The summed E-state index contributed by atoms with van der Waals surface area (Å²) in [6, 6.07) is 6.76. The highest BCUT2D eigenvalue weighted by molar-refractivity contribution is 6.00. The van der Waals surface area contributed by atoms with Gasteiger partial charge in [0, 0.05) is 18.2 Å². The Balaban J connectivity index is 2.18. The van der Waals surface area contributed by atoms with E-state index in [-0.39, 0.29) is 17.9 Å². The third kappa shape index (κ3) is 4.58. The molecule has 1 N–H and O–H groups in total. The molecule has 0 unspecified atom stereocenters. The van der Waals surface area contributed by atoms with Gasteiger partial charge in [0.25, 0.3) is 5.91 Å². The third-order valence-electron chi connectivity index (χ3n) is 3.85. The molecule has 0 bridgehead atoms. The lowest BCUT2D eigenvalue weighted by Gasteiger charge is -2.20. The van der Waals surface area contributed by atoms with E-state index in [4.69, 9.17) is 4.74 Å². The molecule has 0 fully saturated rings. The zero-order valence-electron chi connectivity index (χ0n) is 15.1. The first-order valence-corrected chi connectivity index (χ1v) is 8.14. The van der Waals surface area contributed by atoms with Gasteiger partial charge in [-0.05, 0) is 31.2 Å². The van der Waals surface area contributed by atoms with Crippen LogP contribution in [0.5, 0.6) is 5.75 Å². The number of nitrogens with one attached hydrogen (secondary N) is 1. The van der Waals surface area contributed by atoms with Gasteiger partial charge in [-0.1, -0.05) is 6.07 Å². The van der Waals surface area contributed by atoms with Gasteiger partial charge < -0.3 is 15.0 Å². The van der Waals surface area contributed by atoms with Crippen LogP contribution in [-0.4, -0.2) is 41.8 Å². The molecular weight excluding hydrogens is 376 g/mol. The van der Waals surface area contributed by atoms with Crippen molar-refractivity contribution in [1.29, 1.82) is 0 Å². The maximum Gasteiger partial charge on any atom is 0.311 e. The second kappa shape index (κ2) is 8.89. The monoisotopic (exact) mass is 393 g/mol. The van der Waals surface area contributed by atoms with Gasteiger partial charge in [-0.15, -0.1) is 0 Å². The number of benzene rings is 2. The standard InChI is InChI=1S/C18H17F2N3O5/c1-3-22(10-16(24)21-17-12(19)5-4-6-13(17)20)18(25)11-7-8-15(28-2)14(9-11)23(26)27/h4-9H,3,10H2,1-2H3,(H,21,24).